The largest absolute Gasteiger partial charge is 0.303 e. The number of aldehydes is 1. The number of hydrogen-bond donors (Lipinski definition) is 0. The Morgan fingerprint density at radius 3 is 2.94 bits per heavy atom. The first-order valence-corrected chi connectivity index (χ1v) is 6.21. The number of carbonyl (C=O) groups excluding carboxylic acids is 1. The average molecular weight is 279 g/mol. The van der Waals surface area contributed by atoms with E-state index in [0.29, 0.717) is 11.6 Å². The maximum atomic E-state index is 11.0. The molecule has 0 aliphatic heterocycles. The number of nitrogens with zero attached hydrogens (tertiary/aromatic N) is 2. The Morgan fingerprint density at radius 1 is 1.50 bits per heavy atom. The van der Waals surface area contributed by atoms with E-state index in [-0.39, 0.29) is 0 Å². The molecule has 2 aromatic heterocycles. The number of rotatable bonds is 2. The zero-order valence-corrected chi connectivity index (χ0v) is 10.3. The van der Waals surface area contributed by atoms with E-state index in [9.17, 15) is 4.79 Å². The van der Waals surface area contributed by atoms with Gasteiger partial charge in [-0.3, -0.25) is 4.79 Å². The summed E-state index contributed by atoms with van der Waals surface area (Å²) in [7, 11) is 0. The van der Waals surface area contributed by atoms with Crippen LogP contribution < -0.4 is 0 Å². The van der Waals surface area contributed by atoms with Gasteiger partial charge in [-0.2, -0.15) is 0 Å². The maximum Gasteiger partial charge on any atom is 0.170 e. The van der Waals surface area contributed by atoms with E-state index in [0.717, 1.165) is 22.1 Å². The van der Waals surface area contributed by atoms with Crippen LogP contribution in [0.15, 0.2) is 22.8 Å². The zero-order valence-electron chi connectivity index (χ0n) is 8.69. The molecule has 1 aliphatic carbocycles. The molecule has 0 aromatic carbocycles. The molecule has 0 unspecified atom stereocenters. The van der Waals surface area contributed by atoms with Crippen molar-refractivity contribution in [2.45, 2.75) is 25.2 Å². The van der Waals surface area contributed by atoms with Crippen molar-refractivity contribution in [1.82, 2.24) is 9.38 Å². The highest BCUT2D eigenvalue weighted by molar-refractivity contribution is 9.10. The Labute approximate surface area is 102 Å². The molecule has 0 N–H and O–H groups in total. The molecule has 0 atom stereocenters. The van der Waals surface area contributed by atoms with Crippen molar-refractivity contribution in [2.75, 3.05) is 0 Å². The number of fused-ring (bicyclic) bond motifs is 1. The first kappa shape index (κ1) is 10.0. The number of imidazole rings is 1. The molecule has 0 amide bonds. The predicted octanol–water partition coefficient (Wildman–Crippen LogP) is 3.18. The summed E-state index contributed by atoms with van der Waals surface area (Å²) in [6.07, 6.45) is 6.46. The van der Waals surface area contributed by atoms with E-state index >= 15 is 0 Å². The Bertz CT molecular complexity index is 557. The first-order valence-electron chi connectivity index (χ1n) is 5.42. The molecular weight excluding hydrogens is 268 g/mol. The van der Waals surface area contributed by atoms with Crippen molar-refractivity contribution in [2.24, 2.45) is 0 Å². The first-order chi connectivity index (χ1) is 7.79. The Kier molecular flexibility index (Phi) is 2.32. The summed E-state index contributed by atoms with van der Waals surface area (Å²) in [4.78, 5) is 15.4. The molecule has 0 bridgehead atoms. The van der Waals surface area contributed by atoms with Gasteiger partial charge in [0.25, 0.3) is 0 Å². The minimum Gasteiger partial charge on any atom is -0.303 e. The van der Waals surface area contributed by atoms with Gasteiger partial charge >= 0.3 is 0 Å². The lowest BCUT2D eigenvalue weighted by atomic mass is 9.85. The molecule has 1 aliphatic rings. The summed E-state index contributed by atoms with van der Waals surface area (Å²) in [6.45, 7) is 0. The SMILES string of the molecule is O=Cc1nc(C2CCC2)n2ccc(Br)cc12. The summed E-state index contributed by atoms with van der Waals surface area (Å²) in [5.41, 5.74) is 1.44. The number of carbonyl (C=O) groups is 1. The predicted molar refractivity (Wildman–Crippen MR) is 64.9 cm³/mol. The van der Waals surface area contributed by atoms with Crippen molar-refractivity contribution in [1.29, 1.82) is 0 Å². The molecule has 3 rings (SSSR count). The van der Waals surface area contributed by atoms with Gasteiger partial charge in [0.1, 0.15) is 11.5 Å². The molecule has 0 spiro atoms. The standard InChI is InChI=1S/C12H11BrN2O/c13-9-4-5-15-11(6-9)10(7-16)14-12(15)8-2-1-3-8/h4-8H,1-3H2. The lowest BCUT2D eigenvalue weighted by Crippen LogP contribution is -2.12. The van der Waals surface area contributed by atoms with Crippen molar-refractivity contribution in [3.8, 4) is 0 Å². The van der Waals surface area contributed by atoms with Gasteiger partial charge in [0, 0.05) is 16.6 Å². The van der Waals surface area contributed by atoms with E-state index in [1.165, 1.54) is 19.3 Å². The fourth-order valence-corrected chi connectivity index (χ4v) is 2.48. The second-order valence-corrected chi connectivity index (χ2v) is 5.12. The normalized spacial score (nSPS) is 16.3. The highest BCUT2D eigenvalue weighted by Gasteiger charge is 2.25. The van der Waals surface area contributed by atoms with Crippen LogP contribution >= 0.6 is 15.9 Å². The summed E-state index contributed by atoms with van der Waals surface area (Å²) in [5.74, 6) is 1.57. The van der Waals surface area contributed by atoms with Crippen molar-refractivity contribution in [3.05, 3.63) is 34.3 Å². The zero-order chi connectivity index (χ0) is 11.1. The smallest absolute Gasteiger partial charge is 0.170 e. The van der Waals surface area contributed by atoms with Crippen molar-refractivity contribution >= 4 is 27.7 Å². The lowest BCUT2D eigenvalue weighted by Gasteiger charge is -2.23. The van der Waals surface area contributed by atoms with Gasteiger partial charge in [0.15, 0.2) is 6.29 Å². The maximum absolute atomic E-state index is 11.0. The molecular formula is C12H11BrN2O. The molecule has 1 fully saturated rings. The van der Waals surface area contributed by atoms with E-state index in [2.05, 4.69) is 20.9 Å². The van der Waals surface area contributed by atoms with Gasteiger partial charge in [0.05, 0.1) is 5.52 Å². The van der Waals surface area contributed by atoms with Crippen molar-refractivity contribution in [3.63, 3.8) is 0 Å². The fourth-order valence-electron chi connectivity index (χ4n) is 2.15. The molecule has 0 radical (unpaired) electrons. The fraction of sp³-hybridized carbons (Fsp3) is 0.333. The van der Waals surface area contributed by atoms with Crippen LogP contribution in [0.5, 0.6) is 0 Å². The van der Waals surface area contributed by atoms with Gasteiger partial charge in [-0.05, 0) is 25.0 Å². The topological polar surface area (TPSA) is 34.4 Å². The third kappa shape index (κ3) is 1.40. The van der Waals surface area contributed by atoms with E-state index < -0.39 is 0 Å². The van der Waals surface area contributed by atoms with E-state index in [1.54, 1.807) is 0 Å². The minimum atomic E-state index is 0.530. The second kappa shape index (κ2) is 3.70. The van der Waals surface area contributed by atoms with Crippen LogP contribution in [0.25, 0.3) is 5.52 Å². The van der Waals surface area contributed by atoms with Gasteiger partial charge in [-0.15, -0.1) is 0 Å². The number of aromatic nitrogens is 2. The lowest BCUT2D eigenvalue weighted by molar-refractivity contribution is 0.112. The number of hydrogen-bond acceptors (Lipinski definition) is 2. The monoisotopic (exact) mass is 278 g/mol. The summed E-state index contributed by atoms with van der Waals surface area (Å²) in [5, 5.41) is 0. The molecule has 2 aromatic rings. The van der Waals surface area contributed by atoms with Crippen LogP contribution in [0.1, 0.15) is 41.5 Å². The molecule has 3 nitrogen and oxygen atoms in total. The minimum absolute atomic E-state index is 0.530. The summed E-state index contributed by atoms with van der Waals surface area (Å²) in [6, 6.07) is 3.92. The molecule has 0 saturated heterocycles. The molecule has 2 heterocycles. The quantitative estimate of drug-likeness (QED) is 0.791. The van der Waals surface area contributed by atoms with Gasteiger partial charge < -0.3 is 4.40 Å². The third-order valence-electron chi connectivity index (χ3n) is 3.24. The van der Waals surface area contributed by atoms with Crippen LogP contribution in [-0.2, 0) is 0 Å². The molecule has 4 heteroatoms. The summed E-state index contributed by atoms with van der Waals surface area (Å²) < 4.78 is 3.02. The third-order valence-corrected chi connectivity index (χ3v) is 3.74. The van der Waals surface area contributed by atoms with Crippen LogP contribution in [0.2, 0.25) is 0 Å². The Hall–Kier alpha value is -1.16. The Morgan fingerprint density at radius 2 is 2.31 bits per heavy atom. The van der Waals surface area contributed by atoms with Gasteiger partial charge in [-0.25, -0.2) is 4.98 Å². The number of pyridine rings is 1. The van der Waals surface area contributed by atoms with Crippen LogP contribution in [0.4, 0.5) is 0 Å². The number of halogens is 1. The molecule has 16 heavy (non-hydrogen) atoms. The van der Waals surface area contributed by atoms with E-state index in [4.69, 9.17) is 0 Å². The molecule has 82 valence electrons. The van der Waals surface area contributed by atoms with Gasteiger partial charge in [-0.1, -0.05) is 22.4 Å². The summed E-state index contributed by atoms with van der Waals surface area (Å²) >= 11 is 3.42. The van der Waals surface area contributed by atoms with Crippen LogP contribution in [0, 0.1) is 0 Å². The average Bonchev–Trinajstić information content (AvgIpc) is 2.54. The van der Waals surface area contributed by atoms with E-state index in [1.807, 2.05) is 22.7 Å². The second-order valence-electron chi connectivity index (χ2n) is 4.20. The molecule has 1 saturated carbocycles. The van der Waals surface area contributed by atoms with Crippen LogP contribution in [-0.4, -0.2) is 15.7 Å². The van der Waals surface area contributed by atoms with Gasteiger partial charge in [0.2, 0.25) is 0 Å². The highest BCUT2D eigenvalue weighted by Crippen LogP contribution is 2.36. The van der Waals surface area contributed by atoms with Crippen molar-refractivity contribution < 1.29 is 4.79 Å². The highest BCUT2D eigenvalue weighted by atomic mass is 79.9. The van der Waals surface area contributed by atoms with Crippen LogP contribution in [0.3, 0.4) is 0 Å². The Balaban J connectivity index is 2.25.